The molecule has 0 atom stereocenters. The van der Waals surface area contributed by atoms with Gasteiger partial charge < -0.3 is 4.74 Å². The molecule has 88 valence electrons. The van der Waals surface area contributed by atoms with Gasteiger partial charge in [-0.15, -0.1) is 12.6 Å². The topological polar surface area (TPSA) is 67.2 Å². The zero-order valence-electron chi connectivity index (χ0n) is 9.27. The van der Waals surface area contributed by atoms with E-state index >= 15 is 0 Å². The Bertz CT molecular complexity index is 491. The molecule has 0 bridgehead atoms. The monoisotopic (exact) mass is 249 g/mol. The molecule has 0 fully saturated rings. The molecule has 1 aromatic rings. The van der Waals surface area contributed by atoms with E-state index in [0.717, 1.165) is 0 Å². The Hall–Kier alpha value is -1.80. The van der Waals surface area contributed by atoms with Crippen molar-refractivity contribution in [3.8, 4) is 6.07 Å². The summed E-state index contributed by atoms with van der Waals surface area (Å²) in [4.78, 5) is 22.5. The first-order chi connectivity index (χ1) is 8.13. The smallest absolute Gasteiger partial charge is 0.310 e. The van der Waals surface area contributed by atoms with Crippen LogP contribution in [-0.2, 0) is 16.0 Å². The molecule has 0 radical (unpaired) electrons. The minimum atomic E-state index is -0.385. The van der Waals surface area contributed by atoms with E-state index in [0.29, 0.717) is 23.4 Å². The lowest BCUT2D eigenvalue weighted by Gasteiger charge is -2.08. The highest BCUT2D eigenvalue weighted by Gasteiger charge is 2.13. The Labute approximate surface area is 105 Å². The molecule has 0 N–H and O–H groups in total. The third kappa shape index (κ3) is 3.08. The van der Waals surface area contributed by atoms with Crippen molar-refractivity contribution in [2.45, 2.75) is 18.2 Å². The van der Waals surface area contributed by atoms with Crippen LogP contribution in [0.3, 0.4) is 0 Å². The van der Waals surface area contributed by atoms with Crippen molar-refractivity contribution in [1.29, 1.82) is 5.26 Å². The third-order valence-electron chi connectivity index (χ3n) is 2.18. The summed E-state index contributed by atoms with van der Waals surface area (Å²) in [6.45, 7) is 2.02. The van der Waals surface area contributed by atoms with E-state index in [1.165, 1.54) is 6.07 Å². The van der Waals surface area contributed by atoms with E-state index in [1.54, 1.807) is 13.0 Å². The van der Waals surface area contributed by atoms with Crippen molar-refractivity contribution in [3.05, 3.63) is 28.8 Å². The van der Waals surface area contributed by atoms with E-state index in [2.05, 4.69) is 12.6 Å². The Morgan fingerprint density at radius 1 is 1.59 bits per heavy atom. The summed E-state index contributed by atoms with van der Waals surface area (Å²) in [7, 11) is 0. The molecular formula is C12H11NO3S. The lowest BCUT2D eigenvalue weighted by atomic mass is 10.0. The number of thiol groups is 1. The first-order valence-electron chi connectivity index (χ1n) is 4.99. The molecule has 0 aliphatic rings. The van der Waals surface area contributed by atoms with Gasteiger partial charge in [0.05, 0.1) is 24.7 Å². The molecule has 0 saturated carbocycles. The molecule has 1 rings (SSSR count). The predicted octanol–water partition coefficient (Wildman–Crippen LogP) is 1.77. The fourth-order valence-electron chi connectivity index (χ4n) is 1.38. The summed E-state index contributed by atoms with van der Waals surface area (Å²) in [6.07, 6.45) is 0.606. The summed E-state index contributed by atoms with van der Waals surface area (Å²) >= 11 is 4.17. The molecule has 17 heavy (non-hydrogen) atoms. The average Bonchev–Trinajstić information content (AvgIpc) is 2.31. The van der Waals surface area contributed by atoms with Gasteiger partial charge in [-0.25, -0.2) is 0 Å². The molecule has 5 heteroatoms. The zero-order chi connectivity index (χ0) is 12.8. The summed E-state index contributed by atoms with van der Waals surface area (Å²) in [5.74, 6) is -0.385. The highest BCUT2D eigenvalue weighted by atomic mass is 32.1. The van der Waals surface area contributed by atoms with Crippen molar-refractivity contribution >= 4 is 24.9 Å². The van der Waals surface area contributed by atoms with Crippen LogP contribution in [0.2, 0.25) is 0 Å². The average molecular weight is 249 g/mol. The van der Waals surface area contributed by atoms with Crippen molar-refractivity contribution in [2.75, 3.05) is 6.61 Å². The van der Waals surface area contributed by atoms with Gasteiger partial charge in [-0.1, -0.05) is 6.07 Å². The van der Waals surface area contributed by atoms with Crippen molar-refractivity contribution < 1.29 is 14.3 Å². The molecule has 0 aromatic heterocycles. The van der Waals surface area contributed by atoms with Crippen LogP contribution in [0.4, 0.5) is 0 Å². The highest BCUT2D eigenvalue weighted by molar-refractivity contribution is 7.80. The van der Waals surface area contributed by atoms with Gasteiger partial charge in [0.1, 0.15) is 0 Å². The SMILES string of the molecule is CCOC(=O)Cc1ccc(C#N)c(C=O)c1S. The molecule has 4 nitrogen and oxygen atoms in total. The maximum absolute atomic E-state index is 11.3. The van der Waals surface area contributed by atoms with Crippen molar-refractivity contribution in [1.82, 2.24) is 0 Å². The van der Waals surface area contributed by atoms with Crippen LogP contribution >= 0.6 is 12.6 Å². The second-order valence-electron chi connectivity index (χ2n) is 3.25. The van der Waals surface area contributed by atoms with Gasteiger partial charge in [0.25, 0.3) is 0 Å². The third-order valence-corrected chi connectivity index (χ3v) is 2.71. The summed E-state index contributed by atoms with van der Waals surface area (Å²) in [5.41, 5.74) is 1.03. The maximum atomic E-state index is 11.3. The second-order valence-corrected chi connectivity index (χ2v) is 3.69. The Balaban J connectivity index is 3.08. The summed E-state index contributed by atoms with van der Waals surface area (Å²) < 4.78 is 4.80. The molecular weight excluding hydrogens is 238 g/mol. The van der Waals surface area contributed by atoms with Crippen LogP contribution in [0.15, 0.2) is 17.0 Å². The van der Waals surface area contributed by atoms with Crippen molar-refractivity contribution in [3.63, 3.8) is 0 Å². The first kappa shape index (κ1) is 13.3. The highest BCUT2D eigenvalue weighted by Crippen LogP contribution is 2.22. The molecule has 0 aliphatic heterocycles. The lowest BCUT2D eigenvalue weighted by molar-refractivity contribution is -0.142. The molecule has 0 aliphatic carbocycles. The van der Waals surface area contributed by atoms with E-state index in [4.69, 9.17) is 10.00 Å². The maximum Gasteiger partial charge on any atom is 0.310 e. The quantitative estimate of drug-likeness (QED) is 0.501. The fourth-order valence-corrected chi connectivity index (χ4v) is 1.71. The van der Waals surface area contributed by atoms with Crippen LogP contribution in [0.1, 0.15) is 28.4 Å². The zero-order valence-corrected chi connectivity index (χ0v) is 10.2. The normalized spacial score (nSPS) is 9.47. The fraction of sp³-hybridized carbons (Fsp3) is 0.250. The molecule has 0 saturated heterocycles. The number of benzene rings is 1. The molecule has 0 heterocycles. The van der Waals surface area contributed by atoms with Crippen molar-refractivity contribution in [2.24, 2.45) is 0 Å². The number of ether oxygens (including phenoxy) is 1. The van der Waals surface area contributed by atoms with Gasteiger partial charge in [0.2, 0.25) is 0 Å². The minimum Gasteiger partial charge on any atom is -0.466 e. The summed E-state index contributed by atoms with van der Waals surface area (Å²) in [5, 5.41) is 8.80. The van der Waals surface area contributed by atoms with Gasteiger partial charge in [0.15, 0.2) is 6.29 Å². The predicted molar refractivity (Wildman–Crippen MR) is 64.1 cm³/mol. The van der Waals surface area contributed by atoms with Gasteiger partial charge in [-0.2, -0.15) is 5.26 Å². The number of aldehydes is 1. The number of rotatable bonds is 4. The largest absolute Gasteiger partial charge is 0.466 e. The van der Waals surface area contributed by atoms with Crippen LogP contribution in [0.5, 0.6) is 0 Å². The molecule has 0 unspecified atom stereocenters. The number of carbonyl (C=O) groups is 2. The number of hydrogen-bond donors (Lipinski definition) is 1. The summed E-state index contributed by atoms with van der Waals surface area (Å²) in [6, 6.07) is 5.00. The second kappa shape index (κ2) is 6.06. The molecule has 1 aromatic carbocycles. The number of nitriles is 1. The number of esters is 1. The minimum absolute atomic E-state index is 0.0409. The van der Waals surface area contributed by atoms with Crippen LogP contribution in [0.25, 0.3) is 0 Å². The van der Waals surface area contributed by atoms with Crippen LogP contribution in [-0.4, -0.2) is 18.9 Å². The van der Waals surface area contributed by atoms with E-state index in [1.807, 2.05) is 6.07 Å². The van der Waals surface area contributed by atoms with Gasteiger partial charge >= 0.3 is 5.97 Å². The van der Waals surface area contributed by atoms with Gasteiger partial charge in [-0.3, -0.25) is 9.59 Å². The van der Waals surface area contributed by atoms with E-state index < -0.39 is 0 Å². The number of carbonyl (C=O) groups excluding carboxylic acids is 2. The molecule has 0 spiro atoms. The lowest BCUT2D eigenvalue weighted by Crippen LogP contribution is -2.09. The van der Waals surface area contributed by atoms with E-state index in [-0.39, 0.29) is 23.5 Å². The number of hydrogen-bond acceptors (Lipinski definition) is 5. The Kier molecular flexibility index (Phi) is 4.73. The Morgan fingerprint density at radius 3 is 2.82 bits per heavy atom. The molecule has 0 amide bonds. The first-order valence-corrected chi connectivity index (χ1v) is 5.44. The standard InChI is InChI=1S/C12H11NO3S/c1-2-16-11(15)5-8-3-4-9(6-13)10(7-14)12(8)17/h3-4,7,17H,2,5H2,1H3. The van der Waals surface area contributed by atoms with Gasteiger partial charge in [-0.05, 0) is 18.6 Å². The van der Waals surface area contributed by atoms with Crippen LogP contribution in [0, 0.1) is 11.3 Å². The van der Waals surface area contributed by atoms with Crippen LogP contribution < -0.4 is 0 Å². The van der Waals surface area contributed by atoms with E-state index in [9.17, 15) is 9.59 Å². The van der Waals surface area contributed by atoms with Gasteiger partial charge in [0, 0.05) is 10.5 Å². The Morgan fingerprint density at radius 2 is 2.29 bits per heavy atom. The number of nitrogens with zero attached hydrogens (tertiary/aromatic N) is 1.